The molecule has 1 unspecified atom stereocenters. The highest BCUT2D eigenvalue weighted by molar-refractivity contribution is 9.10. The number of amides is 1. The predicted octanol–water partition coefficient (Wildman–Crippen LogP) is 2.77. The third kappa shape index (κ3) is 4.66. The third-order valence-electron chi connectivity index (χ3n) is 2.66. The number of benzene rings is 1. The van der Waals surface area contributed by atoms with Gasteiger partial charge in [0.15, 0.2) is 0 Å². The monoisotopic (exact) mass is 314 g/mol. The van der Waals surface area contributed by atoms with Crippen molar-refractivity contribution in [2.75, 3.05) is 19.0 Å². The van der Waals surface area contributed by atoms with Crippen LogP contribution in [0.2, 0.25) is 0 Å². The Labute approximate surface area is 116 Å². The van der Waals surface area contributed by atoms with Gasteiger partial charge in [0, 0.05) is 22.1 Å². The first kappa shape index (κ1) is 15.0. The SMILES string of the molecule is COc1cc(Br)cc(NC(=O)C(C)CCCN)c1. The number of anilines is 1. The first-order valence-corrected chi connectivity index (χ1v) is 6.71. The highest BCUT2D eigenvalue weighted by atomic mass is 79.9. The van der Waals surface area contributed by atoms with Crippen LogP contribution in [0.5, 0.6) is 5.75 Å². The molecule has 5 heteroatoms. The minimum atomic E-state index is -0.0430. The Morgan fingerprint density at radius 2 is 2.22 bits per heavy atom. The van der Waals surface area contributed by atoms with Crippen molar-refractivity contribution < 1.29 is 9.53 Å². The number of methoxy groups -OCH3 is 1. The standard InChI is InChI=1S/C13H19BrN2O2/c1-9(4-3-5-15)13(17)16-11-6-10(14)7-12(8-11)18-2/h6-9H,3-5,15H2,1-2H3,(H,16,17). The molecule has 0 aliphatic carbocycles. The van der Waals surface area contributed by atoms with E-state index in [4.69, 9.17) is 10.5 Å². The lowest BCUT2D eigenvalue weighted by Crippen LogP contribution is -2.21. The molecule has 0 heterocycles. The second-order valence-electron chi connectivity index (χ2n) is 4.20. The number of nitrogens with two attached hydrogens (primary N) is 1. The van der Waals surface area contributed by atoms with Gasteiger partial charge in [0.1, 0.15) is 5.75 Å². The van der Waals surface area contributed by atoms with Gasteiger partial charge in [-0.25, -0.2) is 0 Å². The summed E-state index contributed by atoms with van der Waals surface area (Å²) < 4.78 is 6.01. The molecule has 0 aliphatic heterocycles. The maximum Gasteiger partial charge on any atom is 0.227 e. The summed E-state index contributed by atoms with van der Waals surface area (Å²) in [5.74, 6) is 0.663. The van der Waals surface area contributed by atoms with Gasteiger partial charge >= 0.3 is 0 Å². The minimum absolute atomic E-state index is 0.00334. The summed E-state index contributed by atoms with van der Waals surface area (Å²) in [5.41, 5.74) is 6.16. The summed E-state index contributed by atoms with van der Waals surface area (Å²) in [7, 11) is 1.59. The number of halogens is 1. The molecule has 0 aromatic heterocycles. The van der Waals surface area contributed by atoms with Crippen LogP contribution in [0.1, 0.15) is 19.8 Å². The summed E-state index contributed by atoms with van der Waals surface area (Å²) in [4.78, 5) is 11.9. The van der Waals surface area contributed by atoms with Crippen LogP contribution in [0, 0.1) is 5.92 Å². The number of rotatable bonds is 6. The van der Waals surface area contributed by atoms with Crippen molar-refractivity contribution in [1.29, 1.82) is 0 Å². The Kier molecular flexibility index (Phi) is 6.15. The molecule has 1 aromatic rings. The molecule has 4 nitrogen and oxygen atoms in total. The number of nitrogens with one attached hydrogen (secondary N) is 1. The number of carbonyl (C=O) groups excluding carboxylic acids is 1. The van der Waals surface area contributed by atoms with Gasteiger partial charge in [-0.2, -0.15) is 0 Å². The molecule has 0 bridgehead atoms. The molecule has 0 fully saturated rings. The second-order valence-corrected chi connectivity index (χ2v) is 5.12. The van der Waals surface area contributed by atoms with Gasteiger partial charge in [0.2, 0.25) is 5.91 Å². The van der Waals surface area contributed by atoms with Crippen LogP contribution in [0.25, 0.3) is 0 Å². The summed E-state index contributed by atoms with van der Waals surface area (Å²) in [5, 5.41) is 2.88. The lowest BCUT2D eigenvalue weighted by atomic mass is 10.0. The Morgan fingerprint density at radius 1 is 1.50 bits per heavy atom. The van der Waals surface area contributed by atoms with Crippen LogP contribution >= 0.6 is 15.9 Å². The van der Waals surface area contributed by atoms with Gasteiger partial charge in [0.05, 0.1) is 7.11 Å². The minimum Gasteiger partial charge on any atom is -0.497 e. The van der Waals surface area contributed by atoms with E-state index < -0.39 is 0 Å². The molecule has 0 saturated heterocycles. The van der Waals surface area contributed by atoms with Crippen molar-refractivity contribution in [3.63, 3.8) is 0 Å². The fourth-order valence-electron chi connectivity index (χ4n) is 1.57. The number of hydrogen-bond donors (Lipinski definition) is 2. The second kappa shape index (κ2) is 7.38. The summed E-state index contributed by atoms with van der Waals surface area (Å²) >= 11 is 3.37. The van der Waals surface area contributed by atoms with Gasteiger partial charge in [-0.15, -0.1) is 0 Å². The molecule has 0 spiro atoms. The van der Waals surface area contributed by atoms with E-state index in [9.17, 15) is 4.79 Å². The van der Waals surface area contributed by atoms with Crippen molar-refractivity contribution in [2.24, 2.45) is 11.7 Å². The zero-order chi connectivity index (χ0) is 13.5. The number of hydrogen-bond acceptors (Lipinski definition) is 3. The molecule has 0 radical (unpaired) electrons. The summed E-state index contributed by atoms with van der Waals surface area (Å²) in [6.07, 6.45) is 1.66. The average Bonchev–Trinajstić information content (AvgIpc) is 2.34. The number of carbonyl (C=O) groups is 1. The first-order valence-electron chi connectivity index (χ1n) is 5.92. The van der Waals surface area contributed by atoms with Gasteiger partial charge in [-0.05, 0) is 31.5 Å². The van der Waals surface area contributed by atoms with E-state index in [0.29, 0.717) is 12.3 Å². The smallest absolute Gasteiger partial charge is 0.227 e. The van der Waals surface area contributed by atoms with Crippen molar-refractivity contribution in [1.82, 2.24) is 0 Å². The lowest BCUT2D eigenvalue weighted by Gasteiger charge is -2.12. The molecule has 100 valence electrons. The Bertz CT molecular complexity index is 410. The van der Waals surface area contributed by atoms with Crippen LogP contribution < -0.4 is 15.8 Å². The fourth-order valence-corrected chi connectivity index (χ4v) is 2.05. The third-order valence-corrected chi connectivity index (χ3v) is 3.12. The zero-order valence-corrected chi connectivity index (χ0v) is 12.3. The van der Waals surface area contributed by atoms with Gasteiger partial charge in [-0.3, -0.25) is 4.79 Å². The summed E-state index contributed by atoms with van der Waals surface area (Å²) in [6, 6.07) is 5.47. The highest BCUT2D eigenvalue weighted by Crippen LogP contribution is 2.25. The average molecular weight is 315 g/mol. The van der Waals surface area contributed by atoms with E-state index in [1.54, 1.807) is 13.2 Å². The molecule has 1 aromatic carbocycles. The Hall–Kier alpha value is -1.07. The molecular formula is C13H19BrN2O2. The summed E-state index contributed by atoms with van der Waals surface area (Å²) in [6.45, 7) is 2.52. The lowest BCUT2D eigenvalue weighted by molar-refractivity contribution is -0.119. The molecule has 3 N–H and O–H groups in total. The van der Waals surface area contributed by atoms with Gasteiger partial charge < -0.3 is 15.8 Å². The fraction of sp³-hybridized carbons (Fsp3) is 0.462. The molecule has 0 saturated carbocycles. The molecule has 0 aliphatic rings. The Morgan fingerprint density at radius 3 is 2.83 bits per heavy atom. The maximum atomic E-state index is 11.9. The molecule has 1 rings (SSSR count). The van der Waals surface area contributed by atoms with E-state index in [1.807, 2.05) is 19.1 Å². The molecular weight excluding hydrogens is 296 g/mol. The van der Waals surface area contributed by atoms with E-state index in [2.05, 4.69) is 21.2 Å². The molecule has 1 amide bonds. The largest absolute Gasteiger partial charge is 0.497 e. The van der Waals surface area contributed by atoms with Gasteiger partial charge in [-0.1, -0.05) is 22.9 Å². The van der Waals surface area contributed by atoms with Gasteiger partial charge in [0.25, 0.3) is 0 Å². The molecule has 1 atom stereocenters. The van der Waals surface area contributed by atoms with E-state index in [0.717, 1.165) is 23.0 Å². The van der Waals surface area contributed by atoms with Crippen molar-refractivity contribution in [3.8, 4) is 5.75 Å². The van der Waals surface area contributed by atoms with Crippen LogP contribution in [-0.4, -0.2) is 19.6 Å². The normalized spacial score (nSPS) is 12.0. The predicted molar refractivity (Wildman–Crippen MR) is 76.8 cm³/mol. The highest BCUT2D eigenvalue weighted by Gasteiger charge is 2.13. The topological polar surface area (TPSA) is 64.3 Å². The van der Waals surface area contributed by atoms with Crippen molar-refractivity contribution >= 4 is 27.5 Å². The number of ether oxygens (including phenoxy) is 1. The van der Waals surface area contributed by atoms with Crippen molar-refractivity contribution in [3.05, 3.63) is 22.7 Å². The van der Waals surface area contributed by atoms with E-state index >= 15 is 0 Å². The first-order chi connectivity index (χ1) is 8.56. The van der Waals surface area contributed by atoms with Crippen LogP contribution in [-0.2, 0) is 4.79 Å². The maximum absolute atomic E-state index is 11.9. The zero-order valence-electron chi connectivity index (χ0n) is 10.7. The Balaban J connectivity index is 2.66. The van der Waals surface area contributed by atoms with Crippen LogP contribution in [0.3, 0.4) is 0 Å². The van der Waals surface area contributed by atoms with Crippen molar-refractivity contribution in [2.45, 2.75) is 19.8 Å². The van der Waals surface area contributed by atoms with E-state index in [1.165, 1.54) is 0 Å². The van der Waals surface area contributed by atoms with Crippen LogP contribution in [0.4, 0.5) is 5.69 Å². The quantitative estimate of drug-likeness (QED) is 0.848. The van der Waals surface area contributed by atoms with Crippen LogP contribution in [0.15, 0.2) is 22.7 Å². The molecule has 18 heavy (non-hydrogen) atoms. The van der Waals surface area contributed by atoms with E-state index in [-0.39, 0.29) is 11.8 Å².